The molecule has 1 saturated heterocycles. The molecule has 1 atom stereocenters. The van der Waals surface area contributed by atoms with E-state index in [1.54, 1.807) is 24.3 Å². The second-order valence-electron chi connectivity index (χ2n) is 8.38. The van der Waals surface area contributed by atoms with Gasteiger partial charge in [0, 0.05) is 12.1 Å². The number of likely N-dealkylation sites (tertiary alicyclic amines) is 1. The van der Waals surface area contributed by atoms with Crippen molar-refractivity contribution < 1.29 is 32.6 Å². The van der Waals surface area contributed by atoms with Crippen LogP contribution < -0.4 is 4.74 Å². The number of rotatable bonds is 6. The van der Waals surface area contributed by atoms with Crippen LogP contribution in [0, 0.1) is 0 Å². The van der Waals surface area contributed by atoms with E-state index in [1.807, 2.05) is 28.8 Å². The van der Waals surface area contributed by atoms with Crippen molar-refractivity contribution in [1.29, 1.82) is 0 Å². The van der Waals surface area contributed by atoms with E-state index in [4.69, 9.17) is 4.74 Å². The monoisotopic (exact) mass is 495 g/mol. The van der Waals surface area contributed by atoms with Crippen LogP contribution in [0.5, 0.6) is 11.5 Å². The second kappa shape index (κ2) is 9.03. The van der Waals surface area contributed by atoms with Crippen LogP contribution in [0.2, 0.25) is 0 Å². The summed E-state index contributed by atoms with van der Waals surface area (Å²) >= 11 is 0. The number of para-hydroxylation sites is 2. The maximum atomic E-state index is 12.8. The van der Waals surface area contributed by atoms with Gasteiger partial charge in [0.2, 0.25) is 5.91 Å². The Kier molecular flexibility index (Phi) is 5.87. The maximum absolute atomic E-state index is 12.8. The number of benzene rings is 3. The third-order valence-electron chi connectivity index (χ3n) is 6.07. The lowest BCUT2D eigenvalue weighted by Gasteiger charge is -2.22. The van der Waals surface area contributed by atoms with Crippen molar-refractivity contribution in [1.82, 2.24) is 14.5 Å². The SMILES string of the molecule is O=C(O)C1CCC(=O)N1Cc1nc2ccccc2n1-c1ccc(Oc2ccc(C(F)(F)F)cc2)cc1. The number of carbonyl (C=O) groups excluding carboxylic acids is 1. The number of carboxylic acids is 1. The number of carbonyl (C=O) groups is 2. The molecule has 5 rings (SSSR count). The van der Waals surface area contributed by atoms with Crippen LogP contribution in [0.3, 0.4) is 0 Å². The highest BCUT2D eigenvalue weighted by molar-refractivity contribution is 5.87. The summed E-state index contributed by atoms with van der Waals surface area (Å²) in [7, 11) is 0. The number of halogens is 3. The lowest BCUT2D eigenvalue weighted by Crippen LogP contribution is -2.38. The first-order valence-corrected chi connectivity index (χ1v) is 11.1. The predicted molar refractivity (Wildman–Crippen MR) is 124 cm³/mol. The van der Waals surface area contributed by atoms with Crippen LogP contribution in [0.15, 0.2) is 72.8 Å². The molecule has 0 bridgehead atoms. The van der Waals surface area contributed by atoms with E-state index in [0.29, 0.717) is 22.8 Å². The number of hydrogen-bond acceptors (Lipinski definition) is 4. The fourth-order valence-electron chi connectivity index (χ4n) is 4.32. The zero-order valence-corrected chi connectivity index (χ0v) is 18.8. The topological polar surface area (TPSA) is 84.7 Å². The van der Waals surface area contributed by atoms with Crippen molar-refractivity contribution in [3.63, 3.8) is 0 Å². The van der Waals surface area contributed by atoms with E-state index in [1.165, 1.54) is 17.0 Å². The Morgan fingerprint density at radius 2 is 1.64 bits per heavy atom. The molecule has 4 aromatic rings. The van der Waals surface area contributed by atoms with Crippen LogP contribution in [-0.4, -0.2) is 37.5 Å². The number of carboxylic acid groups (broad SMARTS) is 1. The van der Waals surface area contributed by atoms with Crippen LogP contribution >= 0.6 is 0 Å². The Bertz CT molecular complexity index is 1430. The standard InChI is InChI=1S/C26H20F3N3O4/c27-26(28,29)16-5-9-18(10-6-16)36-19-11-7-17(8-12-19)32-21-4-2-1-3-20(21)30-23(32)15-31-22(25(34)35)13-14-24(31)33/h1-12,22H,13-15H2,(H,34,35). The third-order valence-corrected chi connectivity index (χ3v) is 6.07. The number of amides is 1. The maximum Gasteiger partial charge on any atom is 0.416 e. The zero-order chi connectivity index (χ0) is 25.4. The third kappa shape index (κ3) is 4.49. The molecule has 1 unspecified atom stereocenters. The van der Waals surface area contributed by atoms with E-state index < -0.39 is 23.8 Å². The molecule has 1 aliphatic heterocycles. The number of aromatic nitrogens is 2. The number of aliphatic carboxylic acids is 1. The molecule has 1 N–H and O–H groups in total. The Morgan fingerprint density at radius 1 is 1.00 bits per heavy atom. The van der Waals surface area contributed by atoms with E-state index >= 15 is 0 Å². The Hall–Kier alpha value is -4.34. The van der Waals surface area contributed by atoms with Gasteiger partial charge < -0.3 is 14.7 Å². The molecule has 2 heterocycles. The van der Waals surface area contributed by atoms with Crippen LogP contribution in [-0.2, 0) is 22.3 Å². The number of nitrogens with zero attached hydrogens (tertiary/aromatic N) is 3. The Morgan fingerprint density at radius 3 is 2.28 bits per heavy atom. The van der Waals surface area contributed by atoms with Gasteiger partial charge in [-0.15, -0.1) is 0 Å². The Labute approximate surface area is 203 Å². The van der Waals surface area contributed by atoms with Gasteiger partial charge in [0.15, 0.2) is 0 Å². The molecule has 0 aliphatic carbocycles. The molecule has 36 heavy (non-hydrogen) atoms. The van der Waals surface area contributed by atoms with Crippen molar-refractivity contribution in [2.45, 2.75) is 31.6 Å². The molecule has 184 valence electrons. The number of hydrogen-bond donors (Lipinski definition) is 1. The summed E-state index contributed by atoms with van der Waals surface area (Å²) in [5, 5.41) is 9.52. The van der Waals surface area contributed by atoms with E-state index in [9.17, 15) is 27.9 Å². The molecule has 10 heteroatoms. The largest absolute Gasteiger partial charge is 0.480 e. The summed E-state index contributed by atoms with van der Waals surface area (Å²) in [4.78, 5) is 30.0. The van der Waals surface area contributed by atoms with Crippen molar-refractivity contribution in [2.24, 2.45) is 0 Å². The summed E-state index contributed by atoms with van der Waals surface area (Å²) in [5.74, 6) is -0.0920. The normalized spacial score (nSPS) is 16.0. The summed E-state index contributed by atoms with van der Waals surface area (Å²) < 4.78 is 45.9. The average molecular weight is 495 g/mol. The minimum atomic E-state index is -4.42. The van der Waals surface area contributed by atoms with Crippen LogP contribution in [0.25, 0.3) is 16.7 Å². The van der Waals surface area contributed by atoms with Gasteiger partial charge in [-0.25, -0.2) is 9.78 Å². The first-order chi connectivity index (χ1) is 17.2. The highest BCUT2D eigenvalue weighted by Gasteiger charge is 2.37. The molecule has 0 spiro atoms. The zero-order valence-electron chi connectivity index (χ0n) is 18.8. The highest BCUT2D eigenvalue weighted by Crippen LogP contribution is 2.32. The number of ether oxygens (including phenoxy) is 1. The molecule has 0 saturated carbocycles. The van der Waals surface area contributed by atoms with Crippen molar-refractivity contribution in [2.75, 3.05) is 0 Å². The van der Waals surface area contributed by atoms with Gasteiger partial charge in [-0.1, -0.05) is 12.1 Å². The summed E-state index contributed by atoms with van der Waals surface area (Å²) in [5.41, 5.74) is 1.42. The molecular formula is C26H20F3N3O4. The predicted octanol–water partition coefficient (Wildman–Crippen LogP) is 5.41. The smallest absolute Gasteiger partial charge is 0.416 e. The second-order valence-corrected chi connectivity index (χ2v) is 8.38. The van der Waals surface area contributed by atoms with Gasteiger partial charge in [0.25, 0.3) is 0 Å². The van der Waals surface area contributed by atoms with E-state index in [2.05, 4.69) is 4.98 Å². The van der Waals surface area contributed by atoms with E-state index in [0.717, 1.165) is 17.6 Å². The minimum absolute atomic E-state index is 0.0360. The number of fused-ring (bicyclic) bond motifs is 1. The van der Waals surface area contributed by atoms with Crippen LogP contribution in [0.4, 0.5) is 13.2 Å². The minimum Gasteiger partial charge on any atom is -0.480 e. The average Bonchev–Trinajstić information content (AvgIpc) is 3.40. The summed E-state index contributed by atoms with van der Waals surface area (Å²) in [6, 6.07) is 17.8. The van der Waals surface area contributed by atoms with Gasteiger partial charge in [0.1, 0.15) is 23.4 Å². The molecule has 1 aromatic heterocycles. The molecular weight excluding hydrogens is 475 g/mol. The van der Waals surface area contributed by atoms with Crippen LogP contribution in [0.1, 0.15) is 24.2 Å². The number of alkyl halides is 3. The molecule has 0 radical (unpaired) electrons. The van der Waals surface area contributed by atoms with Gasteiger partial charge in [-0.3, -0.25) is 9.36 Å². The van der Waals surface area contributed by atoms with Gasteiger partial charge in [-0.2, -0.15) is 13.2 Å². The first kappa shape index (κ1) is 23.4. The quantitative estimate of drug-likeness (QED) is 0.387. The van der Waals surface area contributed by atoms with Gasteiger partial charge >= 0.3 is 12.1 Å². The van der Waals surface area contributed by atoms with Gasteiger partial charge in [-0.05, 0) is 67.1 Å². The molecule has 1 amide bonds. The highest BCUT2D eigenvalue weighted by atomic mass is 19.4. The number of imidazole rings is 1. The summed E-state index contributed by atoms with van der Waals surface area (Å²) in [6.07, 6.45) is -3.99. The molecule has 7 nitrogen and oxygen atoms in total. The molecule has 1 aliphatic rings. The first-order valence-electron chi connectivity index (χ1n) is 11.1. The van der Waals surface area contributed by atoms with Crippen molar-refractivity contribution >= 4 is 22.9 Å². The fourth-order valence-corrected chi connectivity index (χ4v) is 4.32. The summed E-state index contributed by atoms with van der Waals surface area (Å²) in [6.45, 7) is 0.0360. The van der Waals surface area contributed by atoms with Crippen molar-refractivity contribution in [3.8, 4) is 17.2 Å². The Balaban J connectivity index is 1.44. The molecule has 3 aromatic carbocycles. The van der Waals surface area contributed by atoms with Crippen molar-refractivity contribution in [3.05, 3.63) is 84.2 Å². The molecule has 1 fully saturated rings. The lowest BCUT2D eigenvalue weighted by atomic mass is 10.2. The fraction of sp³-hybridized carbons (Fsp3) is 0.192. The van der Waals surface area contributed by atoms with E-state index in [-0.39, 0.29) is 31.0 Å². The van der Waals surface area contributed by atoms with Gasteiger partial charge in [0.05, 0.1) is 23.1 Å². The lowest BCUT2D eigenvalue weighted by molar-refractivity contribution is -0.146.